The number of nitrogens with two attached hydrogens (primary N) is 1. The summed E-state index contributed by atoms with van der Waals surface area (Å²) in [5.74, 6) is 0.172. The number of nitrogens with zero attached hydrogens (tertiary/aromatic N) is 2. The van der Waals surface area contributed by atoms with Crippen molar-refractivity contribution >= 4 is 17.3 Å². The number of anilines is 2. The van der Waals surface area contributed by atoms with E-state index in [9.17, 15) is 4.79 Å². The Morgan fingerprint density at radius 1 is 1.44 bits per heavy atom. The number of carbonyl (C=O) groups is 1. The Labute approximate surface area is 108 Å². The zero-order valence-corrected chi connectivity index (χ0v) is 11.1. The quantitative estimate of drug-likeness (QED) is 0.823. The normalized spacial score (nSPS) is 14.2. The van der Waals surface area contributed by atoms with E-state index in [1.54, 1.807) is 19.0 Å². The predicted octanol–water partition coefficient (Wildman–Crippen LogP) is 1.50. The SMILES string of the molecule is CN(C)C(=O)CCN1CCCc2c(N)cccc21. The van der Waals surface area contributed by atoms with Gasteiger partial charge in [-0.2, -0.15) is 0 Å². The molecule has 1 aromatic carbocycles. The van der Waals surface area contributed by atoms with Crippen LogP contribution < -0.4 is 10.6 Å². The molecule has 1 aliphatic rings. The standard InChI is InChI=1S/C14H21N3O/c1-16(2)14(18)8-10-17-9-4-5-11-12(15)6-3-7-13(11)17/h3,6-7H,4-5,8-10,15H2,1-2H3. The third kappa shape index (κ3) is 2.58. The molecule has 2 rings (SSSR count). The molecule has 0 unspecified atom stereocenters. The first kappa shape index (κ1) is 12.7. The molecule has 2 N–H and O–H groups in total. The number of rotatable bonds is 3. The van der Waals surface area contributed by atoms with Gasteiger partial charge in [-0.1, -0.05) is 6.07 Å². The van der Waals surface area contributed by atoms with Crippen LogP contribution in [-0.2, 0) is 11.2 Å². The molecule has 0 aromatic heterocycles. The highest BCUT2D eigenvalue weighted by molar-refractivity contribution is 5.76. The van der Waals surface area contributed by atoms with Crippen LogP contribution in [0.15, 0.2) is 18.2 Å². The summed E-state index contributed by atoms with van der Waals surface area (Å²) in [6.45, 7) is 1.78. The molecule has 4 nitrogen and oxygen atoms in total. The Bertz CT molecular complexity index is 443. The fourth-order valence-electron chi connectivity index (χ4n) is 2.41. The second kappa shape index (κ2) is 5.29. The number of carbonyl (C=O) groups excluding carboxylic acids is 1. The smallest absolute Gasteiger partial charge is 0.223 e. The van der Waals surface area contributed by atoms with Gasteiger partial charge in [0, 0.05) is 45.0 Å². The van der Waals surface area contributed by atoms with E-state index in [-0.39, 0.29) is 5.91 Å². The molecule has 0 radical (unpaired) electrons. The van der Waals surface area contributed by atoms with E-state index in [4.69, 9.17) is 5.73 Å². The van der Waals surface area contributed by atoms with Gasteiger partial charge in [0.2, 0.25) is 5.91 Å². The van der Waals surface area contributed by atoms with Gasteiger partial charge >= 0.3 is 0 Å². The van der Waals surface area contributed by atoms with Crippen molar-refractivity contribution in [1.82, 2.24) is 4.90 Å². The van der Waals surface area contributed by atoms with Gasteiger partial charge in [0.1, 0.15) is 0 Å². The number of fused-ring (bicyclic) bond motifs is 1. The number of hydrogen-bond donors (Lipinski definition) is 1. The predicted molar refractivity (Wildman–Crippen MR) is 74.7 cm³/mol. The van der Waals surface area contributed by atoms with Crippen LogP contribution in [-0.4, -0.2) is 38.0 Å². The van der Waals surface area contributed by atoms with Crippen molar-refractivity contribution in [2.24, 2.45) is 0 Å². The molecule has 0 fully saturated rings. The third-order valence-electron chi connectivity index (χ3n) is 3.48. The molecule has 0 bridgehead atoms. The van der Waals surface area contributed by atoms with Crippen molar-refractivity contribution in [3.8, 4) is 0 Å². The van der Waals surface area contributed by atoms with Gasteiger partial charge in [-0.25, -0.2) is 0 Å². The summed E-state index contributed by atoms with van der Waals surface area (Å²) in [4.78, 5) is 15.6. The lowest BCUT2D eigenvalue weighted by molar-refractivity contribution is -0.128. The van der Waals surface area contributed by atoms with Crippen LogP contribution in [0, 0.1) is 0 Å². The molecule has 98 valence electrons. The number of hydrogen-bond acceptors (Lipinski definition) is 3. The molecular weight excluding hydrogens is 226 g/mol. The van der Waals surface area contributed by atoms with Crippen molar-refractivity contribution in [3.05, 3.63) is 23.8 Å². The van der Waals surface area contributed by atoms with Gasteiger partial charge in [0.15, 0.2) is 0 Å². The van der Waals surface area contributed by atoms with Gasteiger partial charge in [-0.15, -0.1) is 0 Å². The lowest BCUT2D eigenvalue weighted by atomic mass is 10.00. The van der Waals surface area contributed by atoms with E-state index in [2.05, 4.69) is 11.0 Å². The second-order valence-electron chi connectivity index (χ2n) is 4.97. The Balaban J connectivity index is 2.09. The van der Waals surface area contributed by atoms with Crippen LogP contribution in [0.1, 0.15) is 18.4 Å². The molecule has 0 saturated heterocycles. The highest BCUT2D eigenvalue weighted by Crippen LogP contribution is 2.31. The van der Waals surface area contributed by atoms with E-state index in [1.807, 2.05) is 12.1 Å². The van der Waals surface area contributed by atoms with Crippen molar-refractivity contribution in [2.45, 2.75) is 19.3 Å². The summed E-state index contributed by atoms with van der Waals surface area (Å²) in [6, 6.07) is 6.04. The molecule has 18 heavy (non-hydrogen) atoms. The monoisotopic (exact) mass is 247 g/mol. The van der Waals surface area contributed by atoms with E-state index in [1.165, 1.54) is 11.3 Å². The Kier molecular flexibility index (Phi) is 3.75. The summed E-state index contributed by atoms with van der Waals surface area (Å²) in [5.41, 5.74) is 9.32. The average Bonchev–Trinajstić information content (AvgIpc) is 2.36. The Morgan fingerprint density at radius 3 is 2.94 bits per heavy atom. The van der Waals surface area contributed by atoms with Crippen LogP contribution in [0.4, 0.5) is 11.4 Å². The zero-order valence-electron chi connectivity index (χ0n) is 11.1. The lowest BCUT2D eigenvalue weighted by Crippen LogP contribution is -2.34. The molecule has 0 aliphatic carbocycles. The van der Waals surface area contributed by atoms with Crippen LogP contribution in [0.5, 0.6) is 0 Å². The van der Waals surface area contributed by atoms with Crippen LogP contribution in [0.25, 0.3) is 0 Å². The number of nitrogen functional groups attached to an aromatic ring is 1. The first-order chi connectivity index (χ1) is 8.59. The molecular formula is C14H21N3O. The average molecular weight is 247 g/mol. The molecule has 0 atom stereocenters. The maximum absolute atomic E-state index is 11.6. The van der Waals surface area contributed by atoms with E-state index in [0.29, 0.717) is 6.42 Å². The van der Waals surface area contributed by atoms with Crippen LogP contribution in [0.3, 0.4) is 0 Å². The highest BCUT2D eigenvalue weighted by atomic mass is 16.2. The molecule has 4 heteroatoms. The van der Waals surface area contributed by atoms with E-state index in [0.717, 1.165) is 31.6 Å². The molecule has 1 amide bonds. The maximum Gasteiger partial charge on any atom is 0.223 e. The summed E-state index contributed by atoms with van der Waals surface area (Å²) in [6.07, 6.45) is 2.71. The van der Waals surface area contributed by atoms with Crippen molar-refractivity contribution < 1.29 is 4.79 Å². The summed E-state index contributed by atoms with van der Waals surface area (Å²) in [7, 11) is 3.59. The first-order valence-electron chi connectivity index (χ1n) is 6.42. The van der Waals surface area contributed by atoms with Gasteiger partial charge in [0.25, 0.3) is 0 Å². The third-order valence-corrected chi connectivity index (χ3v) is 3.48. The van der Waals surface area contributed by atoms with Gasteiger partial charge in [-0.3, -0.25) is 4.79 Å². The molecule has 0 saturated carbocycles. The Hall–Kier alpha value is -1.71. The van der Waals surface area contributed by atoms with E-state index < -0.39 is 0 Å². The van der Waals surface area contributed by atoms with Crippen LogP contribution in [0.2, 0.25) is 0 Å². The van der Waals surface area contributed by atoms with Crippen molar-refractivity contribution in [3.63, 3.8) is 0 Å². The fourth-order valence-corrected chi connectivity index (χ4v) is 2.41. The molecule has 0 spiro atoms. The summed E-state index contributed by atoms with van der Waals surface area (Å²) >= 11 is 0. The first-order valence-corrected chi connectivity index (χ1v) is 6.42. The van der Waals surface area contributed by atoms with Crippen molar-refractivity contribution in [1.29, 1.82) is 0 Å². The minimum atomic E-state index is 0.172. The fraction of sp³-hybridized carbons (Fsp3) is 0.500. The minimum Gasteiger partial charge on any atom is -0.398 e. The summed E-state index contributed by atoms with van der Waals surface area (Å²) < 4.78 is 0. The van der Waals surface area contributed by atoms with Gasteiger partial charge in [-0.05, 0) is 30.5 Å². The second-order valence-corrected chi connectivity index (χ2v) is 4.97. The molecule has 1 heterocycles. The largest absolute Gasteiger partial charge is 0.398 e. The van der Waals surface area contributed by atoms with Gasteiger partial charge < -0.3 is 15.5 Å². The number of amides is 1. The highest BCUT2D eigenvalue weighted by Gasteiger charge is 2.19. The van der Waals surface area contributed by atoms with E-state index >= 15 is 0 Å². The maximum atomic E-state index is 11.6. The van der Waals surface area contributed by atoms with Crippen molar-refractivity contribution in [2.75, 3.05) is 37.8 Å². The summed E-state index contributed by atoms with van der Waals surface area (Å²) in [5, 5.41) is 0. The number of benzene rings is 1. The minimum absolute atomic E-state index is 0.172. The molecule has 1 aliphatic heterocycles. The van der Waals surface area contributed by atoms with Gasteiger partial charge in [0.05, 0.1) is 0 Å². The topological polar surface area (TPSA) is 49.6 Å². The zero-order chi connectivity index (χ0) is 13.1. The molecule has 1 aromatic rings. The van der Waals surface area contributed by atoms with Crippen LogP contribution >= 0.6 is 0 Å². The lowest BCUT2D eigenvalue weighted by Gasteiger charge is -2.32. The Morgan fingerprint density at radius 2 is 2.22 bits per heavy atom.